The number of hydrogen-bond acceptors (Lipinski definition) is 10. The summed E-state index contributed by atoms with van der Waals surface area (Å²) in [4.78, 5) is 34.3. The number of rotatable bonds is 6. The molecule has 27 heavy (non-hydrogen) atoms. The SMILES string of the molecule is CC(Nc1ncnc2c1ncn2[C@@H]1O[C@H](C(O)C(=O)O)C(O)C1O)C(N)=O. The van der Waals surface area contributed by atoms with Gasteiger partial charge in [0.05, 0.1) is 6.33 Å². The molecule has 3 heterocycles. The molecule has 146 valence electrons. The average molecular weight is 382 g/mol. The summed E-state index contributed by atoms with van der Waals surface area (Å²) in [6.07, 6.45) is -5.59. The second-order valence-electron chi connectivity index (χ2n) is 6.07. The van der Waals surface area contributed by atoms with E-state index in [4.69, 9.17) is 15.6 Å². The highest BCUT2D eigenvalue weighted by molar-refractivity contribution is 5.87. The van der Waals surface area contributed by atoms with Crippen molar-refractivity contribution in [3.8, 4) is 0 Å². The molecule has 1 amide bonds. The number of carboxylic acid groups (broad SMARTS) is 1. The Morgan fingerprint density at radius 2 is 2.00 bits per heavy atom. The van der Waals surface area contributed by atoms with Crippen LogP contribution in [0.5, 0.6) is 0 Å². The van der Waals surface area contributed by atoms with Crippen molar-refractivity contribution in [2.24, 2.45) is 5.73 Å². The zero-order valence-electron chi connectivity index (χ0n) is 14.0. The lowest BCUT2D eigenvalue weighted by molar-refractivity contribution is -0.160. The number of carbonyl (C=O) groups is 2. The minimum Gasteiger partial charge on any atom is -0.479 e. The van der Waals surface area contributed by atoms with Gasteiger partial charge in [-0.3, -0.25) is 9.36 Å². The largest absolute Gasteiger partial charge is 0.479 e. The molecule has 1 aliphatic rings. The molecule has 7 N–H and O–H groups in total. The van der Waals surface area contributed by atoms with E-state index in [0.717, 1.165) is 0 Å². The highest BCUT2D eigenvalue weighted by Crippen LogP contribution is 2.33. The van der Waals surface area contributed by atoms with Gasteiger partial charge in [0.1, 0.15) is 30.7 Å². The van der Waals surface area contributed by atoms with Crippen molar-refractivity contribution < 1.29 is 34.8 Å². The van der Waals surface area contributed by atoms with Crippen molar-refractivity contribution in [2.45, 2.75) is 43.6 Å². The second-order valence-corrected chi connectivity index (χ2v) is 6.07. The van der Waals surface area contributed by atoms with Crippen LogP contribution < -0.4 is 11.1 Å². The van der Waals surface area contributed by atoms with Gasteiger partial charge in [0.25, 0.3) is 0 Å². The van der Waals surface area contributed by atoms with E-state index in [1.807, 2.05) is 0 Å². The fourth-order valence-electron chi connectivity index (χ4n) is 2.74. The predicted octanol–water partition coefficient (Wildman–Crippen LogP) is -2.82. The number of primary amides is 1. The van der Waals surface area contributed by atoms with Gasteiger partial charge in [0.2, 0.25) is 5.91 Å². The molecule has 0 bridgehead atoms. The first kappa shape index (κ1) is 18.9. The molecular weight excluding hydrogens is 364 g/mol. The molecule has 6 atom stereocenters. The third-order valence-electron chi connectivity index (χ3n) is 4.25. The molecule has 3 rings (SSSR count). The first-order chi connectivity index (χ1) is 12.7. The van der Waals surface area contributed by atoms with E-state index >= 15 is 0 Å². The summed E-state index contributed by atoms with van der Waals surface area (Å²) in [5.74, 6) is -2.00. The molecule has 0 aromatic carbocycles. The Labute approximate surface area is 151 Å². The van der Waals surface area contributed by atoms with Crippen molar-refractivity contribution in [2.75, 3.05) is 5.32 Å². The number of ether oxygens (including phenoxy) is 1. The van der Waals surface area contributed by atoms with Gasteiger partial charge in [-0.1, -0.05) is 0 Å². The van der Waals surface area contributed by atoms with Crippen molar-refractivity contribution in [3.05, 3.63) is 12.7 Å². The molecular formula is C14H18N6O7. The number of aliphatic carboxylic acids is 1. The number of nitrogens with one attached hydrogen (secondary N) is 1. The van der Waals surface area contributed by atoms with Crippen LogP contribution >= 0.6 is 0 Å². The Balaban J connectivity index is 1.94. The third-order valence-corrected chi connectivity index (χ3v) is 4.25. The van der Waals surface area contributed by atoms with Gasteiger partial charge in [0, 0.05) is 0 Å². The highest BCUT2D eigenvalue weighted by atomic mass is 16.6. The maximum Gasteiger partial charge on any atom is 0.335 e. The number of nitrogens with zero attached hydrogens (tertiary/aromatic N) is 4. The lowest BCUT2D eigenvalue weighted by Gasteiger charge is -2.17. The summed E-state index contributed by atoms with van der Waals surface area (Å²) in [6, 6.07) is -0.738. The van der Waals surface area contributed by atoms with E-state index in [1.165, 1.54) is 24.1 Å². The standard InChI is InChI=1S/C14H18N6O7/c1-4(10(15)24)19-11-5-12(17-2-16-11)20(3-18-5)13-7(22)6(21)9(27-13)8(23)14(25)26/h2-4,6-9,13,21-23H,1H3,(H2,15,24)(H,25,26)(H,16,17,19)/t4?,6?,7?,8?,9-,13+/m0/s1. The summed E-state index contributed by atoms with van der Waals surface area (Å²) in [5, 5.41) is 41.6. The van der Waals surface area contributed by atoms with Crippen LogP contribution in [-0.4, -0.2) is 82.3 Å². The van der Waals surface area contributed by atoms with Gasteiger partial charge in [-0.05, 0) is 6.92 Å². The normalized spacial score (nSPS) is 27.4. The number of carbonyl (C=O) groups excluding carboxylic acids is 1. The van der Waals surface area contributed by atoms with Crippen LogP contribution in [0.3, 0.4) is 0 Å². The van der Waals surface area contributed by atoms with Gasteiger partial charge < -0.3 is 36.2 Å². The van der Waals surface area contributed by atoms with Crippen molar-refractivity contribution in [3.63, 3.8) is 0 Å². The van der Waals surface area contributed by atoms with Gasteiger partial charge in [-0.2, -0.15) is 0 Å². The molecule has 0 radical (unpaired) electrons. The number of carboxylic acids is 1. The summed E-state index contributed by atoms with van der Waals surface area (Å²) in [7, 11) is 0. The van der Waals surface area contributed by atoms with Crippen LogP contribution in [-0.2, 0) is 14.3 Å². The second kappa shape index (κ2) is 7.03. The molecule has 13 heteroatoms. The fraction of sp³-hybridized carbons (Fsp3) is 0.500. The van der Waals surface area contributed by atoms with Crippen LogP contribution in [0.2, 0.25) is 0 Å². The molecule has 0 aliphatic carbocycles. The summed E-state index contributed by atoms with van der Waals surface area (Å²) >= 11 is 0. The molecule has 0 spiro atoms. The molecule has 1 saturated heterocycles. The zero-order chi connectivity index (χ0) is 19.9. The molecule has 2 aromatic heterocycles. The Kier molecular flexibility index (Phi) is 4.93. The Morgan fingerprint density at radius 1 is 1.30 bits per heavy atom. The summed E-state index contributed by atoms with van der Waals surface area (Å²) in [5.41, 5.74) is 5.63. The average Bonchev–Trinajstić information content (AvgIpc) is 3.17. The van der Waals surface area contributed by atoms with Crippen molar-refractivity contribution in [1.29, 1.82) is 0 Å². The number of hydrogen-bond donors (Lipinski definition) is 6. The van der Waals surface area contributed by atoms with E-state index < -0.39 is 48.6 Å². The number of aliphatic hydroxyl groups is 3. The molecule has 0 saturated carbocycles. The van der Waals surface area contributed by atoms with Gasteiger partial charge >= 0.3 is 5.97 Å². The van der Waals surface area contributed by atoms with Gasteiger partial charge in [-0.25, -0.2) is 19.7 Å². The number of aromatic nitrogens is 4. The maximum atomic E-state index is 11.2. The minimum absolute atomic E-state index is 0.186. The number of imidazole rings is 1. The van der Waals surface area contributed by atoms with E-state index in [9.17, 15) is 24.9 Å². The van der Waals surface area contributed by atoms with Crippen LogP contribution in [0.15, 0.2) is 12.7 Å². The lowest BCUT2D eigenvalue weighted by Crippen LogP contribution is -2.42. The maximum absolute atomic E-state index is 11.2. The molecule has 13 nitrogen and oxygen atoms in total. The van der Waals surface area contributed by atoms with Crippen molar-refractivity contribution in [1.82, 2.24) is 19.5 Å². The van der Waals surface area contributed by atoms with Crippen molar-refractivity contribution >= 4 is 28.9 Å². The van der Waals surface area contributed by atoms with Crippen LogP contribution in [0, 0.1) is 0 Å². The Hall–Kier alpha value is -2.87. The van der Waals surface area contributed by atoms with Gasteiger partial charge in [0.15, 0.2) is 29.3 Å². The number of aliphatic hydroxyl groups excluding tert-OH is 3. The number of nitrogens with two attached hydrogens (primary N) is 1. The van der Waals surface area contributed by atoms with E-state index in [1.54, 1.807) is 0 Å². The smallest absolute Gasteiger partial charge is 0.335 e. The summed E-state index contributed by atoms with van der Waals surface area (Å²) < 4.78 is 6.62. The Morgan fingerprint density at radius 3 is 2.63 bits per heavy atom. The van der Waals surface area contributed by atoms with E-state index in [-0.39, 0.29) is 17.0 Å². The topological polar surface area (TPSA) is 206 Å². The first-order valence-electron chi connectivity index (χ1n) is 7.88. The minimum atomic E-state index is -2.03. The van der Waals surface area contributed by atoms with Gasteiger partial charge in [-0.15, -0.1) is 0 Å². The Bertz CT molecular complexity index is 873. The number of anilines is 1. The van der Waals surface area contributed by atoms with Crippen LogP contribution in [0.25, 0.3) is 11.2 Å². The first-order valence-corrected chi connectivity index (χ1v) is 7.88. The lowest BCUT2D eigenvalue weighted by atomic mass is 10.1. The number of amides is 1. The highest BCUT2D eigenvalue weighted by Gasteiger charge is 2.49. The van der Waals surface area contributed by atoms with Crippen LogP contribution in [0.4, 0.5) is 5.82 Å². The third kappa shape index (κ3) is 3.28. The summed E-state index contributed by atoms with van der Waals surface area (Å²) in [6.45, 7) is 1.53. The molecule has 4 unspecified atom stereocenters. The molecule has 1 fully saturated rings. The quantitative estimate of drug-likeness (QED) is 0.300. The fourth-order valence-corrected chi connectivity index (χ4v) is 2.74. The number of fused-ring (bicyclic) bond motifs is 1. The molecule has 1 aliphatic heterocycles. The monoisotopic (exact) mass is 382 g/mol. The molecule has 2 aromatic rings. The van der Waals surface area contributed by atoms with E-state index in [2.05, 4.69) is 20.3 Å². The van der Waals surface area contributed by atoms with E-state index in [0.29, 0.717) is 0 Å². The predicted molar refractivity (Wildman–Crippen MR) is 87.2 cm³/mol. The zero-order valence-corrected chi connectivity index (χ0v) is 14.0. The van der Waals surface area contributed by atoms with Crippen LogP contribution in [0.1, 0.15) is 13.2 Å².